The van der Waals surface area contributed by atoms with Crippen LogP contribution in [-0.4, -0.2) is 41.6 Å². The second-order valence-electron chi connectivity index (χ2n) is 10.1. The Morgan fingerprint density at radius 1 is 1.19 bits per heavy atom. The van der Waals surface area contributed by atoms with E-state index in [1.807, 2.05) is 0 Å². The average molecular weight is 446 g/mol. The Labute approximate surface area is 184 Å². The quantitative estimate of drug-likeness (QED) is 0.697. The van der Waals surface area contributed by atoms with Crippen molar-refractivity contribution in [2.24, 2.45) is 17.3 Å². The van der Waals surface area contributed by atoms with Gasteiger partial charge in [-0.15, -0.1) is 6.42 Å². The van der Waals surface area contributed by atoms with Crippen LogP contribution in [-0.2, 0) is 16.7 Å². The number of hydrogen-bond donors (Lipinski definition) is 2. The van der Waals surface area contributed by atoms with E-state index in [0.29, 0.717) is 25.4 Å². The summed E-state index contributed by atoms with van der Waals surface area (Å²) in [6.07, 6.45) is 12.2. The fourth-order valence-corrected chi connectivity index (χ4v) is 8.24. The van der Waals surface area contributed by atoms with Crippen LogP contribution < -0.4 is 4.18 Å². The van der Waals surface area contributed by atoms with Gasteiger partial charge < -0.3 is 14.4 Å². The van der Waals surface area contributed by atoms with E-state index in [2.05, 4.69) is 12.8 Å². The maximum atomic E-state index is 12.9. The lowest BCUT2D eigenvalue weighted by Crippen LogP contribution is -2.50. The predicted octanol–water partition coefficient (Wildman–Crippen LogP) is 3.33. The smallest absolute Gasteiger partial charge is 0.385 e. The Morgan fingerprint density at radius 2 is 1.94 bits per heavy atom. The highest BCUT2D eigenvalue weighted by Crippen LogP contribution is 2.65. The summed E-state index contributed by atoms with van der Waals surface area (Å²) in [6.45, 7) is 3.07. The molecule has 3 aliphatic carbocycles. The molecule has 1 heterocycles. The molecule has 7 heteroatoms. The summed E-state index contributed by atoms with van der Waals surface area (Å²) >= 11 is 0. The van der Waals surface area contributed by atoms with Crippen molar-refractivity contribution in [1.29, 1.82) is 0 Å². The van der Waals surface area contributed by atoms with Gasteiger partial charge in [0.05, 0.1) is 0 Å². The van der Waals surface area contributed by atoms with Gasteiger partial charge in [-0.05, 0) is 80.8 Å². The van der Waals surface area contributed by atoms with Gasteiger partial charge >= 0.3 is 10.3 Å². The third-order valence-corrected chi connectivity index (χ3v) is 10.1. The summed E-state index contributed by atoms with van der Waals surface area (Å²) in [6, 6.07) is 3.20. The zero-order valence-electron chi connectivity index (χ0n) is 18.0. The van der Waals surface area contributed by atoms with Crippen molar-refractivity contribution >= 4 is 10.3 Å². The molecule has 1 unspecified atom stereocenters. The molecule has 1 aromatic carbocycles. The Hall–Kier alpha value is -1.75. The molecular formula is C24H31NO5S. The van der Waals surface area contributed by atoms with Crippen LogP contribution in [0.15, 0.2) is 12.1 Å². The molecule has 1 aromatic rings. The molecule has 0 spiro atoms. The molecule has 4 aliphatic rings. The molecule has 0 amide bonds. The molecule has 2 N–H and O–H groups in total. The van der Waals surface area contributed by atoms with E-state index in [9.17, 15) is 18.6 Å². The van der Waals surface area contributed by atoms with Gasteiger partial charge in [-0.2, -0.15) is 12.7 Å². The first kappa shape index (κ1) is 21.1. The maximum absolute atomic E-state index is 12.9. The SMILES string of the molecule is C#C[C@]1(O)CC[C@H]2[C@@H]3CCc4cc(O)cc(OS(=O)(=O)N5CCCC5)c4[C@H]3CCC21C. The molecule has 0 aromatic heterocycles. The number of aryl methyl sites for hydroxylation is 1. The van der Waals surface area contributed by atoms with Crippen LogP contribution in [0.1, 0.15) is 68.9 Å². The number of aromatic hydroxyl groups is 1. The number of phenolic OH excluding ortho intramolecular Hbond substituents is 1. The normalized spacial score (nSPS) is 37.5. The summed E-state index contributed by atoms with van der Waals surface area (Å²) in [5, 5.41) is 21.4. The minimum atomic E-state index is -3.90. The second-order valence-corrected chi connectivity index (χ2v) is 11.6. The van der Waals surface area contributed by atoms with E-state index in [1.165, 1.54) is 10.4 Å². The topological polar surface area (TPSA) is 87.1 Å². The van der Waals surface area contributed by atoms with Crippen molar-refractivity contribution in [3.8, 4) is 23.8 Å². The van der Waals surface area contributed by atoms with Crippen molar-refractivity contribution in [1.82, 2.24) is 4.31 Å². The van der Waals surface area contributed by atoms with Crippen molar-refractivity contribution in [3.63, 3.8) is 0 Å². The van der Waals surface area contributed by atoms with Crippen LogP contribution in [0.3, 0.4) is 0 Å². The van der Waals surface area contributed by atoms with Gasteiger partial charge in [-0.25, -0.2) is 0 Å². The van der Waals surface area contributed by atoms with Gasteiger partial charge in [0.15, 0.2) is 5.75 Å². The highest BCUT2D eigenvalue weighted by atomic mass is 32.2. The standard InChI is InChI=1S/C24H31NO5S/c1-3-24(27)11-9-20-18-7-6-16-14-17(26)15-21(22(16)19(18)8-10-23(20,24)2)30-31(28,29)25-12-4-5-13-25/h1,14-15,18-20,26-27H,4-13H2,2H3/t18-,19+,20+,23?,24+/m1/s1. The van der Waals surface area contributed by atoms with Crippen LogP contribution in [0.4, 0.5) is 0 Å². The molecule has 0 bridgehead atoms. The number of hydrogen-bond acceptors (Lipinski definition) is 5. The summed E-state index contributed by atoms with van der Waals surface area (Å²) < 4.78 is 32.8. The number of nitrogens with zero attached hydrogens (tertiary/aromatic N) is 1. The summed E-state index contributed by atoms with van der Waals surface area (Å²) in [7, 11) is -3.90. The van der Waals surface area contributed by atoms with Gasteiger partial charge in [0, 0.05) is 30.1 Å². The zero-order chi connectivity index (χ0) is 22.0. The van der Waals surface area contributed by atoms with Crippen molar-refractivity contribution in [2.45, 2.75) is 69.8 Å². The highest BCUT2D eigenvalue weighted by molar-refractivity contribution is 7.84. The number of rotatable bonds is 3. The van der Waals surface area contributed by atoms with Crippen LogP contribution >= 0.6 is 0 Å². The lowest BCUT2D eigenvalue weighted by Gasteiger charge is -2.52. The zero-order valence-corrected chi connectivity index (χ0v) is 18.8. The van der Waals surface area contributed by atoms with Gasteiger partial charge in [0.25, 0.3) is 0 Å². The fraction of sp³-hybridized carbons (Fsp3) is 0.667. The fourth-order valence-electron chi connectivity index (χ4n) is 7.07. The van der Waals surface area contributed by atoms with Gasteiger partial charge in [-0.3, -0.25) is 0 Å². The second kappa shape index (κ2) is 7.13. The molecule has 3 fully saturated rings. The highest BCUT2D eigenvalue weighted by Gasteiger charge is 2.61. The lowest BCUT2D eigenvalue weighted by atomic mass is 9.53. The van der Waals surface area contributed by atoms with Gasteiger partial charge in [-0.1, -0.05) is 12.8 Å². The Morgan fingerprint density at radius 3 is 2.65 bits per heavy atom. The lowest BCUT2D eigenvalue weighted by molar-refractivity contribution is -0.0648. The van der Waals surface area contributed by atoms with E-state index in [4.69, 9.17) is 10.6 Å². The molecule has 1 saturated heterocycles. The first-order chi connectivity index (χ1) is 14.7. The van der Waals surface area contributed by atoms with E-state index in [-0.39, 0.29) is 28.7 Å². The molecular weight excluding hydrogens is 414 g/mol. The molecule has 168 valence electrons. The Balaban J connectivity index is 1.52. The molecule has 6 nitrogen and oxygen atoms in total. The third kappa shape index (κ3) is 3.10. The van der Waals surface area contributed by atoms with Gasteiger partial charge in [0.1, 0.15) is 11.4 Å². The van der Waals surface area contributed by atoms with Crippen LogP contribution in [0.5, 0.6) is 11.5 Å². The van der Waals surface area contributed by atoms with Crippen LogP contribution in [0.25, 0.3) is 0 Å². The molecule has 2 saturated carbocycles. The van der Waals surface area contributed by atoms with Gasteiger partial charge in [0.2, 0.25) is 0 Å². The van der Waals surface area contributed by atoms with Crippen LogP contribution in [0, 0.1) is 29.6 Å². The van der Waals surface area contributed by atoms with E-state index >= 15 is 0 Å². The number of fused-ring (bicyclic) bond motifs is 5. The number of benzene rings is 1. The first-order valence-corrected chi connectivity index (χ1v) is 12.8. The number of terminal acetylenes is 1. The Kier molecular flexibility index (Phi) is 4.85. The Bertz CT molecular complexity index is 1040. The third-order valence-electron chi connectivity index (χ3n) is 8.73. The minimum absolute atomic E-state index is 0.0343. The summed E-state index contributed by atoms with van der Waals surface area (Å²) in [4.78, 5) is 0. The van der Waals surface area contributed by atoms with Crippen molar-refractivity contribution < 1.29 is 22.8 Å². The monoisotopic (exact) mass is 445 g/mol. The first-order valence-electron chi connectivity index (χ1n) is 11.4. The largest absolute Gasteiger partial charge is 0.508 e. The van der Waals surface area contributed by atoms with Crippen molar-refractivity contribution in [3.05, 3.63) is 23.3 Å². The summed E-state index contributed by atoms with van der Waals surface area (Å²) in [5.74, 6) is 3.74. The maximum Gasteiger partial charge on any atom is 0.385 e. The predicted molar refractivity (Wildman–Crippen MR) is 117 cm³/mol. The number of phenols is 1. The van der Waals surface area contributed by atoms with E-state index < -0.39 is 15.9 Å². The van der Waals surface area contributed by atoms with Crippen LogP contribution in [0.2, 0.25) is 0 Å². The molecule has 1 aliphatic heterocycles. The summed E-state index contributed by atoms with van der Waals surface area (Å²) in [5.41, 5.74) is 0.507. The molecule has 0 radical (unpaired) electrons. The molecule has 31 heavy (non-hydrogen) atoms. The molecule has 5 rings (SSSR count). The minimum Gasteiger partial charge on any atom is -0.508 e. The van der Waals surface area contributed by atoms with E-state index in [0.717, 1.165) is 56.1 Å². The van der Waals surface area contributed by atoms with Crippen molar-refractivity contribution in [2.75, 3.05) is 13.1 Å². The number of aliphatic hydroxyl groups is 1. The molecule has 5 atom stereocenters. The van der Waals surface area contributed by atoms with E-state index in [1.54, 1.807) is 6.07 Å². The average Bonchev–Trinajstić information content (AvgIpc) is 3.35.